The van der Waals surface area contributed by atoms with Gasteiger partial charge in [0.15, 0.2) is 11.5 Å². The van der Waals surface area contributed by atoms with Crippen LogP contribution in [0.1, 0.15) is 5.56 Å². The van der Waals surface area contributed by atoms with E-state index < -0.39 is 0 Å². The van der Waals surface area contributed by atoms with E-state index in [9.17, 15) is 4.79 Å². The molecule has 0 saturated heterocycles. The molecule has 0 aliphatic heterocycles. The molecule has 0 saturated carbocycles. The SMILES string of the molecule is COc1cc(OC)c2c(=O)c3cccc(OCc4ccccc4)c3n(C)c2c1OC. The molecule has 6 heteroatoms. The van der Waals surface area contributed by atoms with Crippen LogP contribution in [0.15, 0.2) is 59.4 Å². The first-order valence-electron chi connectivity index (χ1n) is 9.51. The van der Waals surface area contributed by atoms with Crippen molar-refractivity contribution in [1.82, 2.24) is 4.57 Å². The van der Waals surface area contributed by atoms with Crippen molar-refractivity contribution in [3.63, 3.8) is 0 Å². The van der Waals surface area contributed by atoms with Crippen molar-refractivity contribution in [2.75, 3.05) is 21.3 Å². The fourth-order valence-corrected chi connectivity index (χ4v) is 3.80. The summed E-state index contributed by atoms with van der Waals surface area (Å²) in [6.07, 6.45) is 0. The molecule has 0 unspecified atom stereocenters. The van der Waals surface area contributed by atoms with E-state index in [1.54, 1.807) is 26.4 Å². The molecule has 0 amide bonds. The highest BCUT2D eigenvalue weighted by Gasteiger charge is 2.22. The molecule has 3 aromatic carbocycles. The number of nitrogens with zero attached hydrogens (tertiary/aromatic N) is 1. The van der Waals surface area contributed by atoms with Crippen LogP contribution in [-0.4, -0.2) is 25.9 Å². The molecule has 1 heterocycles. The zero-order valence-corrected chi connectivity index (χ0v) is 17.4. The zero-order chi connectivity index (χ0) is 21.3. The lowest BCUT2D eigenvalue weighted by molar-refractivity contribution is 0.309. The number of aryl methyl sites for hydroxylation is 1. The minimum atomic E-state index is -0.152. The van der Waals surface area contributed by atoms with Crippen molar-refractivity contribution in [2.24, 2.45) is 7.05 Å². The summed E-state index contributed by atoms with van der Waals surface area (Å²) in [5.74, 6) is 1.99. The topological polar surface area (TPSA) is 58.9 Å². The van der Waals surface area contributed by atoms with Crippen LogP contribution in [0.4, 0.5) is 0 Å². The number of hydrogen-bond donors (Lipinski definition) is 0. The van der Waals surface area contributed by atoms with E-state index in [2.05, 4.69) is 0 Å². The summed E-state index contributed by atoms with van der Waals surface area (Å²) >= 11 is 0. The second kappa shape index (κ2) is 7.99. The zero-order valence-electron chi connectivity index (χ0n) is 17.4. The lowest BCUT2D eigenvalue weighted by atomic mass is 10.1. The van der Waals surface area contributed by atoms with E-state index in [0.29, 0.717) is 51.4 Å². The number of fused-ring (bicyclic) bond motifs is 2. The van der Waals surface area contributed by atoms with Gasteiger partial charge in [-0.3, -0.25) is 4.79 Å². The maximum absolute atomic E-state index is 13.5. The van der Waals surface area contributed by atoms with E-state index in [1.807, 2.05) is 54.1 Å². The van der Waals surface area contributed by atoms with Gasteiger partial charge in [-0.1, -0.05) is 36.4 Å². The van der Waals surface area contributed by atoms with Crippen LogP contribution in [0.3, 0.4) is 0 Å². The molecule has 1 aromatic heterocycles. The van der Waals surface area contributed by atoms with Gasteiger partial charge in [-0.05, 0) is 17.7 Å². The van der Waals surface area contributed by atoms with Crippen molar-refractivity contribution in [3.05, 3.63) is 70.4 Å². The first-order valence-corrected chi connectivity index (χ1v) is 9.51. The molecular formula is C24H23NO5. The molecule has 4 aromatic rings. The van der Waals surface area contributed by atoms with Crippen LogP contribution in [0, 0.1) is 0 Å². The average Bonchev–Trinajstić information content (AvgIpc) is 2.80. The van der Waals surface area contributed by atoms with Gasteiger partial charge in [0, 0.05) is 13.1 Å². The Bertz CT molecular complexity index is 1280. The van der Waals surface area contributed by atoms with Crippen molar-refractivity contribution >= 4 is 21.8 Å². The lowest BCUT2D eigenvalue weighted by Crippen LogP contribution is -2.13. The van der Waals surface area contributed by atoms with Crippen LogP contribution < -0.4 is 24.4 Å². The maximum atomic E-state index is 13.5. The van der Waals surface area contributed by atoms with E-state index in [0.717, 1.165) is 5.56 Å². The normalized spacial score (nSPS) is 10.9. The number of pyridine rings is 1. The summed E-state index contributed by atoms with van der Waals surface area (Å²) < 4.78 is 24.6. The fraction of sp³-hybridized carbons (Fsp3) is 0.208. The van der Waals surface area contributed by atoms with Gasteiger partial charge in [0.25, 0.3) is 0 Å². The molecule has 0 aliphatic rings. The molecular weight excluding hydrogens is 382 g/mol. The van der Waals surface area contributed by atoms with Crippen LogP contribution in [-0.2, 0) is 13.7 Å². The number of methoxy groups -OCH3 is 3. The second-order valence-corrected chi connectivity index (χ2v) is 6.85. The van der Waals surface area contributed by atoms with Crippen molar-refractivity contribution < 1.29 is 18.9 Å². The summed E-state index contributed by atoms with van der Waals surface area (Å²) in [7, 11) is 6.51. The van der Waals surface area contributed by atoms with Gasteiger partial charge in [0.2, 0.25) is 5.43 Å². The fourth-order valence-electron chi connectivity index (χ4n) is 3.80. The Kier molecular flexibility index (Phi) is 5.23. The molecule has 6 nitrogen and oxygen atoms in total. The minimum absolute atomic E-state index is 0.152. The van der Waals surface area contributed by atoms with Crippen LogP contribution in [0.5, 0.6) is 23.0 Å². The largest absolute Gasteiger partial charge is 0.496 e. The highest BCUT2D eigenvalue weighted by molar-refractivity contribution is 6.02. The lowest BCUT2D eigenvalue weighted by Gasteiger charge is -2.19. The first kappa shape index (κ1) is 19.6. The van der Waals surface area contributed by atoms with Gasteiger partial charge in [-0.15, -0.1) is 0 Å². The van der Waals surface area contributed by atoms with E-state index in [-0.39, 0.29) is 5.43 Å². The maximum Gasteiger partial charge on any atom is 0.201 e. The molecule has 0 spiro atoms. The number of aromatic nitrogens is 1. The molecule has 0 bridgehead atoms. The van der Waals surface area contributed by atoms with Gasteiger partial charge in [0.05, 0.1) is 37.6 Å². The standard InChI is InChI=1S/C24H23NO5/c1-25-21-16(11-8-12-17(21)30-14-15-9-6-5-7-10-15)23(26)20-18(27-2)13-19(28-3)24(29-4)22(20)25/h5-13H,14H2,1-4H3. The van der Waals surface area contributed by atoms with Gasteiger partial charge < -0.3 is 23.5 Å². The quantitative estimate of drug-likeness (QED) is 0.448. The summed E-state index contributed by atoms with van der Waals surface area (Å²) in [5, 5.41) is 0.978. The Morgan fingerprint density at radius 1 is 0.800 bits per heavy atom. The summed E-state index contributed by atoms with van der Waals surface area (Å²) in [5.41, 5.74) is 2.16. The molecule has 0 radical (unpaired) electrons. The highest BCUT2D eigenvalue weighted by Crippen LogP contribution is 2.41. The van der Waals surface area contributed by atoms with Crippen molar-refractivity contribution in [1.29, 1.82) is 0 Å². The van der Waals surface area contributed by atoms with Crippen LogP contribution in [0.25, 0.3) is 21.8 Å². The minimum Gasteiger partial charge on any atom is -0.496 e. The van der Waals surface area contributed by atoms with Crippen LogP contribution in [0.2, 0.25) is 0 Å². The molecule has 0 N–H and O–H groups in total. The summed E-state index contributed by atoms with van der Waals surface area (Å²) in [4.78, 5) is 13.5. The Labute approximate surface area is 174 Å². The molecule has 0 atom stereocenters. The van der Waals surface area contributed by atoms with Gasteiger partial charge >= 0.3 is 0 Å². The molecule has 0 aliphatic carbocycles. The Morgan fingerprint density at radius 2 is 1.53 bits per heavy atom. The van der Waals surface area contributed by atoms with Gasteiger partial charge in [-0.25, -0.2) is 0 Å². The first-order chi connectivity index (χ1) is 14.6. The molecule has 30 heavy (non-hydrogen) atoms. The van der Waals surface area contributed by atoms with Crippen molar-refractivity contribution in [3.8, 4) is 23.0 Å². The molecule has 4 rings (SSSR count). The van der Waals surface area contributed by atoms with Gasteiger partial charge in [-0.2, -0.15) is 0 Å². The Hall–Kier alpha value is -3.67. The number of ether oxygens (including phenoxy) is 4. The van der Waals surface area contributed by atoms with Gasteiger partial charge in [0.1, 0.15) is 23.6 Å². The predicted octanol–water partition coefficient (Wildman–Crippen LogP) is 4.30. The third-order valence-electron chi connectivity index (χ3n) is 5.21. The third kappa shape index (κ3) is 3.10. The number of hydrogen-bond acceptors (Lipinski definition) is 5. The van der Waals surface area contributed by atoms with E-state index in [4.69, 9.17) is 18.9 Å². The Morgan fingerprint density at radius 3 is 2.20 bits per heavy atom. The van der Waals surface area contributed by atoms with Crippen LogP contribution >= 0.6 is 0 Å². The molecule has 0 fully saturated rings. The number of benzene rings is 3. The molecule has 154 valence electrons. The number of para-hydroxylation sites is 1. The predicted molar refractivity (Wildman–Crippen MR) is 117 cm³/mol. The van der Waals surface area contributed by atoms with E-state index >= 15 is 0 Å². The smallest absolute Gasteiger partial charge is 0.201 e. The van der Waals surface area contributed by atoms with E-state index in [1.165, 1.54) is 7.11 Å². The average molecular weight is 405 g/mol. The van der Waals surface area contributed by atoms with Crippen molar-refractivity contribution in [2.45, 2.75) is 6.61 Å². The number of rotatable bonds is 6. The highest BCUT2D eigenvalue weighted by atomic mass is 16.5. The summed E-state index contributed by atoms with van der Waals surface area (Å²) in [6, 6.07) is 17.0. The second-order valence-electron chi connectivity index (χ2n) is 6.85. The third-order valence-corrected chi connectivity index (χ3v) is 5.21. The monoisotopic (exact) mass is 405 g/mol. The summed E-state index contributed by atoms with van der Waals surface area (Å²) in [6.45, 7) is 0.394. The Balaban J connectivity index is 2.02.